The van der Waals surface area contributed by atoms with Crippen LogP contribution in [0.25, 0.3) is 0 Å². The number of hydrogen-bond acceptors (Lipinski definition) is 1. The van der Waals surface area contributed by atoms with Crippen LogP contribution in [0, 0.1) is 30.6 Å². The van der Waals surface area contributed by atoms with Crippen LogP contribution >= 0.6 is 15.9 Å². The maximum absolute atomic E-state index is 3.70. The minimum absolute atomic E-state index is 0.722. The Balaban J connectivity index is 1.81. The third-order valence-electron chi connectivity index (χ3n) is 5.09. The van der Waals surface area contributed by atoms with Crippen molar-refractivity contribution in [2.45, 2.75) is 40.0 Å². The summed E-state index contributed by atoms with van der Waals surface area (Å²) in [6, 6.07) is 6.54. The molecule has 2 aliphatic carbocycles. The number of allylic oxidation sites excluding steroid dienone is 2. The molecular formula is C18H24BrN. The smallest absolute Gasteiger partial charge is 0.0526 e. The van der Waals surface area contributed by atoms with Gasteiger partial charge in [-0.3, -0.25) is 0 Å². The molecule has 0 bridgehead atoms. The first-order valence-electron chi connectivity index (χ1n) is 7.79. The van der Waals surface area contributed by atoms with Crippen molar-refractivity contribution < 1.29 is 0 Å². The maximum atomic E-state index is 3.70. The molecule has 1 aromatic rings. The fourth-order valence-electron chi connectivity index (χ4n) is 3.93. The van der Waals surface area contributed by atoms with E-state index in [2.05, 4.69) is 66.3 Å². The van der Waals surface area contributed by atoms with Gasteiger partial charge >= 0.3 is 0 Å². The molecule has 2 aliphatic rings. The highest BCUT2D eigenvalue weighted by Crippen LogP contribution is 2.47. The van der Waals surface area contributed by atoms with Gasteiger partial charge in [0.05, 0.1) is 5.69 Å². The van der Waals surface area contributed by atoms with E-state index in [1.54, 1.807) is 0 Å². The quantitative estimate of drug-likeness (QED) is 0.725. The van der Waals surface area contributed by atoms with Crippen LogP contribution in [0.1, 0.15) is 38.7 Å². The first kappa shape index (κ1) is 14.2. The van der Waals surface area contributed by atoms with Gasteiger partial charge in [0.2, 0.25) is 0 Å². The van der Waals surface area contributed by atoms with Crippen molar-refractivity contribution in [2.75, 3.05) is 5.32 Å². The fraction of sp³-hybridized carbons (Fsp3) is 0.556. The largest absolute Gasteiger partial charge is 0.358 e. The topological polar surface area (TPSA) is 12.0 Å². The first-order valence-corrected chi connectivity index (χ1v) is 8.59. The minimum Gasteiger partial charge on any atom is -0.358 e. The normalized spacial score (nSPS) is 32.7. The Morgan fingerprint density at radius 1 is 1.20 bits per heavy atom. The molecule has 3 rings (SSSR count). The standard InChI is InChI=1S/C18H24BrN/c1-11-4-6-14-13(3)10-18(15(14)8-11)20-17-7-5-12(2)9-16(17)19/h5,7,9-11,13-15,20H,4,6,8H2,1-3H3/t11-,13?,14+,15-/m1/s1. The van der Waals surface area contributed by atoms with Gasteiger partial charge in [0.25, 0.3) is 0 Å². The lowest BCUT2D eigenvalue weighted by atomic mass is 9.73. The summed E-state index contributed by atoms with van der Waals surface area (Å²) in [5, 5.41) is 3.70. The Kier molecular flexibility index (Phi) is 3.94. The van der Waals surface area contributed by atoms with Gasteiger partial charge in [-0.25, -0.2) is 0 Å². The van der Waals surface area contributed by atoms with Crippen LogP contribution in [-0.4, -0.2) is 0 Å². The van der Waals surface area contributed by atoms with Crippen LogP contribution < -0.4 is 5.32 Å². The van der Waals surface area contributed by atoms with Crippen molar-refractivity contribution in [2.24, 2.45) is 23.7 Å². The van der Waals surface area contributed by atoms with Crippen molar-refractivity contribution in [3.63, 3.8) is 0 Å². The first-order chi connectivity index (χ1) is 9.54. The summed E-state index contributed by atoms with van der Waals surface area (Å²) in [6.45, 7) is 6.91. The molecule has 20 heavy (non-hydrogen) atoms. The van der Waals surface area contributed by atoms with E-state index >= 15 is 0 Å². The molecule has 108 valence electrons. The summed E-state index contributed by atoms with van der Waals surface area (Å²) >= 11 is 3.68. The highest BCUT2D eigenvalue weighted by Gasteiger charge is 2.38. The summed E-state index contributed by atoms with van der Waals surface area (Å²) in [5.74, 6) is 3.19. The van der Waals surface area contributed by atoms with Gasteiger partial charge in [-0.1, -0.05) is 32.4 Å². The van der Waals surface area contributed by atoms with Crippen molar-refractivity contribution in [1.82, 2.24) is 0 Å². The Hall–Kier alpha value is -0.760. The fourth-order valence-corrected chi connectivity index (χ4v) is 4.53. The van der Waals surface area contributed by atoms with E-state index in [1.807, 2.05) is 0 Å². The average molecular weight is 334 g/mol. The SMILES string of the molecule is Cc1ccc(NC2=CC(C)[C@@H]3CC[C@@H](C)C[C@@H]23)c(Br)c1. The molecule has 0 aromatic heterocycles. The molecule has 0 amide bonds. The summed E-state index contributed by atoms with van der Waals surface area (Å²) in [6.07, 6.45) is 6.61. The number of nitrogens with one attached hydrogen (secondary N) is 1. The summed E-state index contributed by atoms with van der Waals surface area (Å²) in [5.41, 5.74) is 3.95. The third-order valence-corrected chi connectivity index (χ3v) is 5.74. The Bertz CT molecular complexity index is 534. The van der Waals surface area contributed by atoms with Gasteiger partial charge in [-0.2, -0.15) is 0 Å². The number of rotatable bonds is 2. The van der Waals surface area contributed by atoms with Crippen molar-refractivity contribution >= 4 is 21.6 Å². The van der Waals surface area contributed by atoms with E-state index in [4.69, 9.17) is 0 Å². The third kappa shape index (κ3) is 2.67. The lowest BCUT2D eigenvalue weighted by molar-refractivity contribution is 0.203. The van der Waals surface area contributed by atoms with Crippen LogP contribution in [0.15, 0.2) is 34.4 Å². The van der Waals surface area contributed by atoms with Gasteiger partial charge < -0.3 is 5.32 Å². The van der Waals surface area contributed by atoms with Gasteiger partial charge in [-0.15, -0.1) is 0 Å². The average Bonchev–Trinajstić information content (AvgIpc) is 2.69. The molecule has 1 unspecified atom stereocenters. The van der Waals surface area contributed by atoms with E-state index in [0.29, 0.717) is 0 Å². The van der Waals surface area contributed by atoms with Gasteiger partial charge in [0.1, 0.15) is 0 Å². The lowest BCUT2D eigenvalue weighted by Crippen LogP contribution is -2.26. The Morgan fingerprint density at radius 3 is 2.75 bits per heavy atom. The maximum Gasteiger partial charge on any atom is 0.0526 e. The second-order valence-corrected chi connectivity index (χ2v) is 7.63. The predicted molar refractivity (Wildman–Crippen MR) is 89.7 cm³/mol. The van der Waals surface area contributed by atoms with Crippen LogP contribution in [0.3, 0.4) is 0 Å². The van der Waals surface area contributed by atoms with Gasteiger partial charge in [0.15, 0.2) is 0 Å². The number of fused-ring (bicyclic) bond motifs is 1. The number of halogens is 1. The molecule has 2 heteroatoms. The molecule has 1 fully saturated rings. The van der Waals surface area contributed by atoms with E-state index in [1.165, 1.54) is 40.7 Å². The van der Waals surface area contributed by atoms with E-state index in [0.717, 1.165) is 23.7 Å². The van der Waals surface area contributed by atoms with Crippen molar-refractivity contribution in [3.8, 4) is 0 Å². The highest BCUT2D eigenvalue weighted by molar-refractivity contribution is 9.10. The molecule has 0 aliphatic heterocycles. The van der Waals surface area contributed by atoms with E-state index in [9.17, 15) is 0 Å². The van der Waals surface area contributed by atoms with Crippen molar-refractivity contribution in [3.05, 3.63) is 40.0 Å². The number of benzene rings is 1. The minimum atomic E-state index is 0.722. The molecule has 1 nitrogen and oxygen atoms in total. The predicted octanol–water partition coefficient (Wildman–Crippen LogP) is 5.76. The Labute approximate surface area is 131 Å². The van der Waals surface area contributed by atoms with Crippen LogP contribution in [-0.2, 0) is 0 Å². The van der Waals surface area contributed by atoms with Crippen LogP contribution in [0.5, 0.6) is 0 Å². The molecule has 0 heterocycles. The van der Waals surface area contributed by atoms with Gasteiger partial charge in [0, 0.05) is 16.1 Å². The molecule has 1 aromatic carbocycles. The van der Waals surface area contributed by atoms with Crippen molar-refractivity contribution in [1.29, 1.82) is 0 Å². The van der Waals surface area contributed by atoms with E-state index < -0.39 is 0 Å². The van der Waals surface area contributed by atoms with Crippen LogP contribution in [0.4, 0.5) is 5.69 Å². The summed E-state index contributed by atoms with van der Waals surface area (Å²) in [4.78, 5) is 0. The molecule has 1 N–H and O–H groups in total. The molecule has 0 spiro atoms. The second kappa shape index (κ2) is 5.55. The zero-order chi connectivity index (χ0) is 14.3. The number of hydrogen-bond donors (Lipinski definition) is 1. The zero-order valence-electron chi connectivity index (χ0n) is 12.6. The molecule has 4 atom stereocenters. The summed E-state index contributed by atoms with van der Waals surface area (Å²) in [7, 11) is 0. The Morgan fingerprint density at radius 2 is 2.00 bits per heavy atom. The summed E-state index contributed by atoms with van der Waals surface area (Å²) < 4.78 is 1.17. The zero-order valence-corrected chi connectivity index (χ0v) is 14.2. The monoisotopic (exact) mass is 333 g/mol. The molecule has 0 saturated heterocycles. The van der Waals surface area contributed by atoms with E-state index in [-0.39, 0.29) is 0 Å². The molecular weight excluding hydrogens is 310 g/mol. The second-order valence-electron chi connectivity index (χ2n) is 6.78. The number of aryl methyl sites for hydroxylation is 1. The molecule has 0 radical (unpaired) electrons. The lowest BCUT2D eigenvalue weighted by Gasteiger charge is -2.34. The van der Waals surface area contributed by atoms with Crippen LogP contribution in [0.2, 0.25) is 0 Å². The highest BCUT2D eigenvalue weighted by atomic mass is 79.9. The molecule has 1 saturated carbocycles. The van der Waals surface area contributed by atoms with Gasteiger partial charge in [-0.05, 0) is 71.1 Å². The number of anilines is 1.